The zero-order valence-electron chi connectivity index (χ0n) is 21.8. The Morgan fingerprint density at radius 3 is 1.73 bits per heavy atom. The summed E-state index contributed by atoms with van der Waals surface area (Å²) in [5.74, 6) is -0.0194. The molecule has 6 heteroatoms. The zero-order valence-corrected chi connectivity index (χ0v) is 23.4. The first kappa shape index (κ1) is 28.7. The van der Waals surface area contributed by atoms with Gasteiger partial charge in [-0.25, -0.2) is 4.79 Å². The molecule has 0 saturated heterocycles. The van der Waals surface area contributed by atoms with Crippen LogP contribution in [0.2, 0.25) is 10.0 Å². The minimum absolute atomic E-state index is 0.190. The highest BCUT2D eigenvalue weighted by molar-refractivity contribution is 6.31. The van der Waals surface area contributed by atoms with Gasteiger partial charge < -0.3 is 10.1 Å². The van der Waals surface area contributed by atoms with E-state index in [2.05, 4.69) is 33.0 Å². The molecule has 1 N–H and O–H groups in total. The molecule has 3 aromatic carbocycles. The second kappa shape index (κ2) is 13.1. The molecular weight excluding hydrogens is 505 g/mol. The summed E-state index contributed by atoms with van der Waals surface area (Å²) in [7, 11) is 0. The third-order valence-electron chi connectivity index (χ3n) is 6.30. The zero-order chi connectivity index (χ0) is 27.0. The highest BCUT2D eigenvalue weighted by Crippen LogP contribution is 2.47. The van der Waals surface area contributed by atoms with Crippen LogP contribution < -0.4 is 5.32 Å². The molecule has 37 heavy (non-hydrogen) atoms. The maximum Gasteiger partial charge on any atom is 0.338 e. The van der Waals surface area contributed by atoms with E-state index in [0.717, 1.165) is 18.4 Å². The predicted octanol–water partition coefficient (Wildman–Crippen LogP) is 8.40. The van der Waals surface area contributed by atoms with Crippen LogP contribution >= 0.6 is 23.2 Å². The number of hydrogen-bond donors (Lipinski definition) is 1. The summed E-state index contributed by atoms with van der Waals surface area (Å²) in [5, 5.41) is 4.27. The number of carbonyl (C=O) groups excluding carboxylic acids is 2. The van der Waals surface area contributed by atoms with Crippen molar-refractivity contribution in [2.45, 2.75) is 46.6 Å². The van der Waals surface area contributed by atoms with E-state index >= 15 is 0 Å². The van der Waals surface area contributed by atoms with Crippen LogP contribution in [-0.2, 0) is 4.74 Å². The summed E-state index contributed by atoms with van der Waals surface area (Å²) in [6.45, 7) is 8.95. The number of amides is 1. The fourth-order valence-corrected chi connectivity index (χ4v) is 5.31. The largest absolute Gasteiger partial charge is 0.453 e. The number of esters is 1. The molecule has 0 aliphatic rings. The molecular formula is C31H35Cl2NO3. The number of hydrogen-bond acceptors (Lipinski definition) is 3. The molecule has 0 saturated carbocycles. The lowest BCUT2D eigenvalue weighted by molar-refractivity contribution is -0.0378. The molecule has 0 aliphatic heterocycles. The molecule has 1 atom stereocenters. The molecule has 0 aromatic heterocycles. The van der Waals surface area contributed by atoms with Gasteiger partial charge in [0.15, 0.2) is 0 Å². The van der Waals surface area contributed by atoms with Crippen LogP contribution in [0.4, 0.5) is 0 Å². The number of carbonyl (C=O) groups is 2. The van der Waals surface area contributed by atoms with E-state index in [1.807, 2.05) is 30.3 Å². The molecule has 0 fully saturated rings. The number of benzene rings is 3. The molecule has 0 radical (unpaired) electrons. The van der Waals surface area contributed by atoms with Crippen LogP contribution in [0, 0.1) is 17.3 Å². The van der Waals surface area contributed by atoms with Gasteiger partial charge in [0.05, 0.1) is 5.56 Å². The Morgan fingerprint density at radius 1 is 0.757 bits per heavy atom. The predicted molar refractivity (Wildman–Crippen MR) is 151 cm³/mol. The van der Waals surface area contributed by atoms with Gasteiger partial charge in [-0.2, -0.15) is 0 Å². The van der Waals surface area contributed by atoms with E-state index in [1.54, 1.807) is 48.5 Å². The van der Waals surface area contributed by atoms with Crippen molar-refractivity contribution in [1.29, 1.82) is 0 Å². The minimum atomic E-state index is -0.577. The number of ether oxygens (including phenoxy) is 1. The van der Waals surface area contributed by atoms with Gasteiger partial charge in [-0.05, 0) is 78.8 Å². The Hall–Kier alpha value is -2.82. The van der Waals surface area contributed by atoms with Crippen molar-refractivity contribution in [2.75, 3.05) is 6.54 Å². The van der Waals surface area contributed by atoms with Gasteiger partial charge in [0.1, 0.15) is 6.10 Å². The summed E-state index contributed by atoms with van der Waals surface area (Å²) in [6, 6.07) is 23.3. The van der Waals surface area contributed by atoms with Crippen molar-refractivity contribution in [3.63, 3.8) is 0 Å². The average Bonchev–Trinajstić information content (AvgIpc) is 2.86. The second-order valence-electron chi connectivity index (χ2n) is 10.5. The SMILES string of the molecule is CC(C)CC(CNC(=O)c1ccc(Cl)cc1)(CC(C)C)C(OC(=O)c1ccc(Cl)cc1)c1ccccc1. The van der Waals surface area contributed by atoms with Crippen LogP contribution in [0.3, 0.4) is 0 Å². The van der Waals surface area contributed by atoms with E-state index in [1.165, 1.54) is 0 Å². The third kappa shape index (κ3) is 8.08. The van der Waals surface area contributed by atoms with Crippen molar-refractivity contribution >= 4 is 35.1 Å². The van der Waals surface area contributed by atoms with Gasteiger partial charge in [0.2, 0.25) is 0 Å². The van der Waals surface area contributed by atoms with Crippen molar-refractivity contribution < 1.29 is 14.3 Å². The highest BCUT2D eigenvalue weighted by atomic mass is 35.5. The monoisotopic (exact) mass is 539 g/mol. The van der Waals surface area contributed by atoms with Gasteiger partial charge in [-0.1, -0.05) is 81.2 Å². The third-order valence-corrected chi connectivity index (χ3v) is 6.80. The van der Waals surface area contributed by atoms with Gasteiger partial charge in [0, 0.05) is 27.6 Å². The molecule has 0 bridgehead atoms. The first-order valence-electron chi connectivity index (χ1n) is 12.6. The van der Waals surface area contributed by atoms with Gasteiger partial charge in [0.25, 0.3) is 5.91 Å². The Morgan fingerprint density at radius 2 is 1.24 bits per heavy atom. The summed E-state index contributed by atoms with van der Waals surface area (Å²) >= 11 is 12.0. The maximum absolute atomic E-state index is 13.4. The normalized spacial score (nSPS) is 12.4. The summed E-state index contributed by atoms with van der Waals surface area (Å²) in [6.07, 6.45) is 0.922. The van der Waals surface area contributed by atoms with Crippen LogP contribution in [0.5, 0.6) is 0 Å². The molecule has 4 nitrogen and oxygen atoms in total. The van der Waals surface area contributed by atoms with Gasteiger partial charge >= 0.3 is 5.97 Å². The standard InChI is InChI=1S/C31H35Cl2NO3/c1-21(2)18-31(19-22(3)4,20-34-29(35)24-10-14-26(32)15-11-24)28(23-8-6-5-7-9-23)37-30(36)25-12-16-27(33)17-13-25/h5-17,21-22,28H,18-20H2,1-4H3,(H,34,35). The highest BCUT2D eigenvalue weighted by Gasteiger charge is 2.43. The van der Waals surface area contributed by atoms with Crippen LogP contribution in [0.15, 0.2) is 78.9 Å². The molecule has 0 heterocycles. The Balaban J connectivity index is 2.02. The summed E-state index contributed by atoms with van der Waals surface area (Å²) in [5.41, 5.74) is 1.31. The number of halogens is 2. The van der Waals surface area contributed by atoms with Crippen molar-refractivity contribution in [3.05, 3.63) is 106 Å². The van der Waals surface area contributed by atoms with Crippen LogP contribution in [0.25, 0.3) is 0 Å². The fraction of sp³-hybridized carbons (Fsp3) is 0.355. The van der Waals surface area contributed by atoms with E-state index < -0.39 is 17.5 Å². The van der Waals surface area contributed by atoms with E-state index in [-0.39, 0.29) is 5.91 Å². The lowest BCUT2D eigenvalue weighted by atomic mass is 9.68. The van der Waals surface area contributed by atoms with Crippen LogP contribution in [-0.4, -0.2) is 18.4 Å². The van der Waals surface area contributed by atoms with Gasteiger partial charge in [-0.15, -0.1) is 0 Å². The molecule has 0 aliphatic carbocycles. The van der Waals surface area contributed by atoms with Crippen molar-refractivity contribution in [3.8, 4) is 0 Å². The minimum Gasteiger partial charge on any atom is -0.453 e. The topological polar surface area (TPSA) is 55.4 Å². The van der Waals surface area contributed by atoms with Gasteiger partial charge in [-0.3, -0.25) is 4.79 Å². The molecule has 0 spiro atoms. The first-order valence-corrected chi connectivity index (χ1v) is 13.4. The molecule has 3 aromatic rings. The quantitative estimate of drug-likeness (QED) is 0.249. The Bertz CT molecular complexity index is 1150. The van der Waals surface area contributed by atoms with Crippen LogP contribution in [0.1, 0.15) is 72.9 Å². The molecule has 3 rings (SSSR count). The first-order chi connectivity index (χ1) is 17.6. The second-order valence-corrected chi connectivity index (χ2v) is 11.3. The average molecular weight is 541 g/mol. The van der Waals surface area contributed by atoms with Crippen molar-refractivity contribution in [1.82, 2.24) is 5.32 Å². The fourth-order valence-electron chi connectivity index (χ4n) is 5.06. The Kier molecular flexibility index (Phi) is 10.2. The smallest absolute Gasteiger partial charge is 0.338 e. The van der Waals surface area contributed by atoms with E-state index in [0.29, 0.717) is 39.6 Å². The molecule has 1 amide bonds. The number of nitrogens with one attached hydrogen (secondary N) is 1. The summed E-state index contributed by atoms with van der Waals surface area (Å²) < 4.78 is 6.33. The molecule has 1 unspecified atom stereocenters. The summed E-state index contributed by atoms with van der Waals surface area (Å²) in [4.78, 5) is 26.5. The van der Waals surface area contributed by atoms with E-state index in [9.17, 15) is 9.59 Å². The maximum atomic E-state index is 13.4. The molecule has 196 valence electrons. The number of rotatable bonds is 11. The lowest BCUT2D eigenvalue weighted by Gasteiger charge is -2.43. The van der Waals surface area contributed by atoms with Crippen molar-refractivity contribution in [2.24, 2.45) is 17.3 Å². The lowest BCUT2D eigenvalue weighted by Crippen LogP contribution is -2.45. The Labute approximate surface area is 230 Å². The van der Waals surface area contributed by atoms with E-state index in [4.69, 9.17) is 27.9 Å².